The summed E-state index contributed by atoms with van der Waals surface area (Å²) in [5.74, 6) is 0. The van der Waals surface area contributed by atoms with Crippen LogP contribution in [0.25, 0.3) is 20.5 Å². The molecule has 0 aliphatic heterocycles. The molecule has 0 saturated carbocycles. The van der Waals surface area contributed by atoms with Gasteiger partial charge in [0.15, 0.2) is 0 Å². The van der Waals surface area contributed by atoms with Gasteiger partial charge in [0.05, 0.1) is 6.54 Å². The van der Waals surface area contributed by atoms with E-state index >= 15 is 0 Å². The number of fused-ring (bicyclic) bond motifs is 1. The van der Waals surface area contributed by atoms with Gasteiger partial charge in [0.1, 0.15) is 0 Å². The first-order valence-electron chi connectivity index (χ1n) is 7.94. The van der Waals surface area contributed by atoms with Crippen LogP contribution in [0, 0.1) is 6.92 Å². The van der Waals surface area contributed by atoms with Crippen molar-refractivity contribution < 1.29 is 0 Å². The Hall–Kier alpha value is -2.65. The molecule has 2 nitrogen and oxygen atoms in total. The second-order valence-electron chi connectivity index (χ2n) is 6.02. The van der Waals surface area contributed by atoms with Crippen molar-refractivity contribution in [2.24, 2.45) is 0 Å². The normalized spacial score (nSPS) is 11.0. The molecule has 118 valence electrons. The molecule has 4 rings (SSSR count). The molecule has 3 heteroatoms. The topological polar surface area (TPSA) is 22.0 Å². The van der Waals surface area contributed by atoms with Crippen LogP contribution in [0.15, 0.2) is 77.7 Å². The largest absolute Gasteiger partial charge is 0.310 e. The highest BCUT2D eigenvalue weighted by molar-refractivity contribution is 7.22. The van der Waals surface area contributed by atoms with Gasteiger partial charge in [-0.3, -0.25) is 4.79 Å². The van der Waals surface area contributed by atoms with Crippen LogP contribution in [0.1, 0.15) is 11.1 Å². The van der Waals surface area contributed by atoms with E-state index in [9.17, 15) is 4.79 Å². The van der Waals surface area contributed by atoms with Gasteiger partial charge in [0.2, 0.25) is 0 Å². The van der Waals surface area contributed by atoms with Crippen molar-refractivity contribution in [3.63, 3.8) is 0 Å². The van der Waals surface area contributed by atoms with E-state index in [0.29, 0.717) is 6.54 Å². The second-order valence-corrected chi connectivity index (χ2v) is 7.10. The molecule has 0 unspecified atom stereocenters. The van der Waals surface area contributed by atoms with Crippen molar-refractivity contribution in [2.75, 3.05) is 0 Å². The molecule has 0 spiro atoms. The lowest BCUT2D eigenvalue weighted by Gasteiger charge is -2.08. The fourth-order valence-corrected chi connectivity index (χ4v) is 3.87. The van der Waals surface area contributed by atoms with Gasteiger partial charge in [-0.2, -0.15) is 0 Å². The zero-order chi connectivity index (χ0) is 16.5. The van der Waals surface area contributed by atoms with Crippen LogP contribution in [-0.4, -0.2) is 4.57 Å². The summed E-state index contributed by atoms with van der Waals surface area (Å²) >= 11 is 1.76. The fraction of sp³-hybridized carbons (Fsp3) is 0.0952. The van der Waals surface area contributed by atoms with Gasteiger partial charge in [0.25, 0.3) is 5.56 Å². The van der Waals surface area contributed by atoms with Crippen LogP contribution < -0.4 is 5.56 Å². The van der Waals surface area contributed by atoms with Gasteiger partial charge in [-0.25, -0.2) is 0 Å². The Labute approximate surface area is 144 Å². The third-order valence-electron chi connectivity index (χ3n) is 4.17. The predicted octanol–water partition coefficient (Wildman–Crippen LogP) is 5.09. The number of hydrogen-bond donors (Lipinski definition) is 0. The van der Waals surface area contributed by atoms with Gasteiger partial charge in [-0.05, 0) is 36.1 Å². The maximum atomic E-state index is 12.2. The first kappa shape index (κ1) is 14.9. The zero-order valence-corrected chi connectivity index (χ0v) is 14.2. The summed E-state index contributed by atoms with van der Waals surface area (Å²) in [7, 11) is 0. The Morgan fingerprint density at radius 2 is 1.75 bits per heavy atom. The predicted molar refractivity (Wildman–Crippen MR) is 102 cm³/mol. The van der Waals surface area contributed by atoms with E-state index in [2.05, 4.69) is 61.5 Å². The second kappa shape index (κ2) is 6.10. The standard InChI is InChI=1S/C21H17NOS/c1-15-6-8-16(9-7-15)13-22-14-18(10-11-21(22)23)20-12-17-4-2-3-5-19(17)24-20/h2-12,14H,13H2,1H3. The highest BCUT2D eigenvalue weighted by atomic mass is 32.1. The summed E-state index contributed by atoms with van der Waals surface area (Å²) < 4.78 is 3.05. The summed E-state index contributed by atoms with van der Waals surface area (Å²) in [6.07, 6.45) is 1.97. The first-order valence-corrected chi connectivity index (χ1v) is 8.76. The fourth-order valence-electron chi connectivity index (χ4n) is 2.81. The Morgan fingerprint density at radius 3 is 2.54 bits per heavy atom. The van der Waals surface area contributed by atoms with Gasteiger partial charge in [-0.1, -0.05) is 48.0 Å². The Balaban J connectivity index is 1.72. The number of benzene rings is 2. The summed E-state index contributed by atoms with van der Waals surface area (Å²) in [6.45, 7) is 2.66. The number of nitrogens with zero attached hydrogens (tertiary/aromatic N) is 1. The number of rotatable bonds is 3. The minimum Gasteiger partial charge on any atom is -0.310 e. The molecular formula is C21H17NOS. The lowest BCUT2D eigenvalue weighted by Crippen LogP contribution is -2.18. The van der Waals surface area contributed by atoms with Crippen molar-refractivity contribution in [1.29, 1.82) is 0 Å². The number of thiophene rings is 1. The van der Waals surface area contributed by atoms with Crippen molar-refractivity contribution in [1.82, 2.24) is 4.57 Å². The van der Waals surface area contributed by atoms with Gasteiger partial charge < -0.3 is 4.57 Å². The summed E-state index contributed by atoms with van der Waals surface area (Å²) in [5.41, 5.74) is 3.48. The van der Waals surface area contributed by atoms with Crippen molar-refractivity contribution in [3.05, 3.63) is 94.4 Å². The molecule has 0 aliphatic rings. The Kier molecular flexibility index (Phi) is 3.79. The summed E-state index contributed by atoms with van der Waals surface area (Å²) in [4.78, 5) is 13.4. The van der Waals surface area contributed by atoms with Gasteiger partial charge in [-0.15, -0.1) is 11.3 Å². The highest BCUT2D eigenvalue weighted by Crippen LogP contribution is 2.32. The molecule has 0 amide bonds. The SMILES string of the molecule is Cc1ccc(Cn2cc(-c3cc4ccccc4s3)ccc2=O)cc1. The van der Waals surface area contributed by atoms with Crippen LogP contribution in [0.3, 0.4) is 0 Å². The van der Waals surface area contributed by atoms with Crippen molar-refractivity contribution >= 4 is 21.4 Å². The molecule has 2 heterocycles. The van der Waals surface area contributed by atoms with E-state index in [-0.39, 0.29) is 5.56 Å². The smallest absolute Gasteiger partial charge is 0.250 e. The molecule has 0 aliphatic carbocycles. The Bertz CT molecular complexity index is 1020. The number of hydrogen-bond acceptors (Lipinski definition) is 2. The number of aromatic nitrogens is 1. The van der Waals surface area contributed by atoms with Crippen molar-refractivity contribution in [2.45, 2.75) is 13.5 Å². The Morgan fingerprint density at radius 1 is 0.958 bits per heavy atom. The minimum absolute atomic E-state index is 0.0282. The van der Waals surface area contributed by atoms with E-state index in [1.54, 1.807) is 22.0 Å². The quantitative estimate of drug-likeness (QED) is 0.513. The molecule has 0 fully saturated rings. The maximum absolute atomic E-state index is 12.2. The van der Waals surface area contributed by atoms with Crippen LogP contribution in [-0.2, 0) is 6.54 Å². The van der Waals surface area contributed by atoms with E-state index in [1.807, 2.05) is 12.3 Å². The molecule has 0 N–H and O–H groups in total. The maximum Gasteiger partial charge on any atom is 0.250 e. The first-order chi connectivity index (χ1) is 11.7. The average Bonchev–Trinajstić information content (AvgIpc) is 3.03. The lowest BCUT2D eigenvalue weighted by atomic mass is 10.1. The van der Waals surface area contributed by atoms with Crippen LogP contribution in [0.4, 0.5) is 0 Å². The zero-order valence-electron chi connectivity index (χ0n) is 13.4. The molecule has 0 bridgehead atoms. The van der Waals surface area contributed by atoms with E-state index in [1.165, 1.54) is 20.5 Å². The molecule has 0 atom stereocenters. The molecule has 2 aromatic heterocycles. The molecule has 2 aromatic carbocycles. The monoisotopic (exact) mass is 331 g/mol. The summed E-state index contributed by atoms with van der Waals surface area (Å²) in [6, 6.07) is 22.4. The average molecular weight is 331 g/mol. The van der Waals surface area contributed by atoms with E-state index < -0.39 is 0 Å². The van der Waals surface area contributed by atoms with E-state index in [0.717, 1.165) is 11.1 Å². The van der Waals surface area contributed by atoms with Crippen LogP contribution in [0.2, 0.25) is 0 Å². The van der Waals surface area contributed by atoms with Crippen molar-refractivity contribution in [3.8, 4) is 10.4 Å². The molecule has 4 aromatic rings. The minimum atomic E-state index is 0.0282. The third kappa shape index (κ3) is 2.91. The molecule has 0 radical (unpaired) electrons. The molecule has 0 saturated heterocycles. The highest BCUT2D eigenvalue weighted by Gasteiger charge is 2.06. The molecular weight excluding hydrogens is 314 g/mol. The van der Waals surface area contributed by atoms with Gasteiger partial charge >= 0.3 is 0 Å². The van der Waals surface area contributed by atoms with Gasteiger partial charge in [0, 0.05) is 27.4 Å². The summed E-state index contributed by atoms with van der Waals surface area (Å²) in [5, 5.41) is 1.24. The van der Waals surface area contributed by atoms with Crippen LogP contribution in [0.5, 0.6) is 0 Å². The van der Waals surface area contributed by atoms with Crippen LogP contribution >= 0.6 is 11.3 Å². The van der Waals surface area contributed by atoms with E-state index in [4.69, 9.17) is 0 Å². The number of pyridine rings is 1. The molecule has 24 heavy (non-hydrogen) atoms. The lowest BCUT2D eigenvalue weighted by molar-refractivity contribution is 0.761. The third-order valence-corrected chi connectivity index (χ3v) is 5.33. The number of aryl methyl sites for hydroxylation is 1.